The van der Waals surface area contributed by atoms with E-state index >= 15 is 0 Å². The molecule has 2 N–H and O–H groups in total. The Labute approximate surface area is 146 Å². The molecule has 1 amide bonds. The second-order valence-corrected chi connectivity index (χ2v) is 8.36. The number of nitrogens with zero attached hydrogens (tertiary/aromatic N) is 1. The Hall–Kier alpha value is -2.06. The molecule has 0 radical (unpaired) electrons. The van der Waals surface area contributed by atoms with Gasteiger partial charge in [-0.2, -0.15) is 0 Å². The number of hydrogen-bond donors (Lipinski definition) is 2. The molecule has 0 atom stereocenters. The zero-order valence-electron chi connectivity index (χ0n) is 13.6. The average Bonchev–Trinajstić information content (AvgIpc) is 2.48. The van der Waals surface area contributed by atoms with Crippen molar-refractivity contribution in [3.63, 3.8) is 0 Å². The molecular weight excluding hydrogens is 346 g/mol. The van der Waals surface area contributed by atoms with Crippen molar-refractivity contribution < 1.29 is 13.2 Å². The van der Waals surface area contributed by atoms with Crippen LogP contribution in [0.15, 0.2) is 52.5 Å². The molecule has 1 heterocycles. The molecule has 0 saturated heterocycles. The molecule has 0 saturated carbocycles. The third kappa shape index (κ3) is 5.86. The number of hydrogen-bond acceptors (Lipinski definition) is 5. The number of rotatable bonds is 6. The fourth-order valence-corrected chi connectivity index (χ4v) is 3.17. The molecule has 6 nitrogen and oxygen atoms in total. The molecule has 0 aliphatic heterocycles. The molecule has 0 aliphatic carbocycles. The lowest BCUT2D eigenvalue weighted by molar-refractivity contribution is 0.0942. The molecule has 0 fully saturated rings. The molecule has 0 bridgehead atoms. The van der Waals surface area contributed by atoms with Crippen molar-refractivity contribution in [3.05, 3.63) is 48.2 Å². The number of sulfonamides is 1. The Morgan fingerprint density at radius 3 is 2.29 bits per heavy atom. The van der Waals surface area contributed by atoms with Gasteiger partial charge in [0.25, 0.3) is 5.91 Å². The summed E-state index contributed by atoms with van der Waals surface area (Å²) in [5.41, 5.74) is 1.02. The molecule has 24 heavy (non-hydrogen) atoms. The largest absolute Gasteiger partial charge is 0.350 e. The number of aromatic nitrogens is 1. The number of pyridine rings is 1. The van der Waals surface area contributed by atoms with Gasteiger partial charge in [-0.15, -0.1) is 0 Å². The summed E-state index contributed by atoms with van der Waals surface area (Å²) in [6.07, 6.45) is 2.65. The van der Waals surface area contributed by atoms with Crippen LogP contribution in [0.1, 0.15) is 24.2 Å². The summed E-state index contributed by atoms with van der Waals surface area (Å²) in [6.45, 7) is 3.80. The highest BCUT2D eigenvalue weighted by molar-refractivity contribution is 7.99. The SMILES string of the molecule is CC(C)NC(=O)c1ccc(Sc2ccc(NS(C)(=O)=O)cc2)nc1. The maximum Gasteiger partial charge on any atom is 0.253 e. The van der Waals surface area contributed by atoms with E-state index in [-0.39, 0.29) is 11.9 Å². The van der Waals surface area contributed by atoms with Crippen molar-refractivity contribution in [2.45, 2.75) is 29.8 Å². The van der Waals surface area contributed by atoms with Crippen LogP contribution in [0.25, 0.3) is 0 Å². The zero-order chi connectivity index (χ0) is 17.7. The molecule has 128 valence electrons. The van der Waals surface area contributed by atoms with Gasteiger partial charge in [-0.05, 0) is 50.2 Å². The van der Waals surface area contributed by atoms with Crippen LogP contribution in [0, 0.1) is 0 Å². The van der Waals surface area contributed by atoms with Gasteiger partial charge in [0.15, 0.2) is 0 Å². The van der Waals surface area contributed by atoms with E-state index in [0.29, 0.717) is 11.3 Å². The van der Waals surface area contributed by atoms with Gasteiger partial charge in [-0.1, -0.05) is 11.8 Å². The van der Waals surface area contributed by atoms with Gasteiger partial charge in [-0.25, -0.2) is 13.4 Å². The summed E-state index contributed by atoms with van der Waals surface area (Å²) in [5.74, 6) is -0.148. The van der Waals surface area contributed by atoms with Gasteiger partial charge in [0.05, 0.1) is 11.8 Å². The maximum atomic E-state index is 11.9. The predicted molar refractivity (Wildman–Crippen MR) is 95.9 cm³/mol. The number of benzene rings is 1. The van der Waals surface area contributed by atoms with Crippen LogP contribution in [-0.2, 0) is 10.0 Å². The molecular formula is C16H19N3O3S2. The number of amides is 1. The fourth-order valence-electron chi connectivity index (χ4n) is 1.85. The number of anilines is 1. The maximum absolute atomic E-state index is 11.9. The number of nitrogens with one attached hydrogen (secondary N) is 2. The van der Waals surface area contributed by atoms with Crippen LogP contribution in [0.3, 0.4) is 0 Å². The second-order valence-electron chi connectivity index (χ2n) is 5.51. The first kappa shape index (κ1) is 18.3. The van der Waals surface area contributed by atoms with E-state index in [1.165, 1.54) is 11.8 Å². The van der Waals surface area contributed by atoms with Crippen LogP contribution in [0.2, 0.25) is 0 Å². The lowest BCUT2D eigenvalue weighted by atomic mass is 10.2. The van der Waals surface area contributed by atoms with E-state index in [0.717, 1.165) is 16.2 Å². The molecule has 2 aromatic rings. The smallest absolute Gasteiger partial charge is 0.253 e. The minimum Gasteiger partial charge on any atom is -0.350 e. The minimum atomic E-state index is -3.28. The van der Waals surface area contributed by atoms with Gasteiger partial charge in [-0.3, -0.25) is 9.52 Å². The van der Waals surface area contributed by atoms with Gasteiger partial charge in [0.1, 0.15) is 5.03 Å². The summed E-state index contributed by atoms with van der Waals surface area (Å²) >= 11 is 1.43. The standard InChI is InChI=1S/C16H19N3O3S2/c1-11(2)18-16(20)12-4-9-15(17-10-12)23-14-7-5-13(6-8-14)19-24(3,21)22/h4-11,19H,1-3H3,(H,18,20). The van der Waals surface area contributed by atoms with Crippen LogP contribution >= 0.6 is 11.8 Å². The highest BCUT2D eigenvalue weighted by Crippen LogP contribution is 2.27. The summed E-state index contributed by atoms with van der Waals surface area (Å²) < 4.78 is 24.8. The highest BCUT2D eigenvalue weighted by Gasteiger charge is 2.08. The third-order valence-corrected chi connectivity index (χ3v) is 4.36. The van der Waals surface area contributed by atoms with Crippen LogP contribution < -0.4 is 10.0 Å². The fraction of sp³-hybridized carbons (Fsp3) is 0.250. The Balaban J connectivity index is 2.02. The molecule has 0 aliphatic rings. The summed E-state index contributed by atoms with van der Waals surface area (Å²) in [6, 6.07) is 10.6. The van der Waals surface area contributed by atoms with Crippen LogP contribution in [0.4, 0.5) is 5.69 Å². The van der Waals surface area contributed by atoms with E-state index in [4.69, 9.17) is 0 Å². The summed E-state index contributed by atoms with van der Waals surface area (Å²) in [4.78, 5) is 17.1. The topological polar surface area (TPSA) is 88.2 Å². The Kier molecular flexibility index (Phi) is 5.84. The van der Waals surface area contributed by atoms with Crippen molar-refractivity contribution in [2.24, 2.45) is 0 Å². The molecule has 1 aromatic heterocycles. The summed E-state index contributed by atoms with van der Waals surface area (Å²) in [7, 11) is -3.28. The van der Waals surface area contributed by atoms with Gasteiger partial charge < -0.3 is 5.32 Å². The molecule has 1 aromatic carbocycles. The van der Waals surface area contributed by atoms with Crippen molar-refractivity contribution in [1.82, 2.24) is 10.3 Å². The Bertz CT molecular complexity index is 801. The zero-order valence-corrected chi connectivity index (χ0v) is 15.2. The molecule has 2 rings (SSSR count). The van der Waals surface area contributed by atoms with Crippen molar-refractivity contribution in [2.75, 3.05) is 11.0 Å². The monoisotopic (exact) mass is 365 g/mol. The van der Waals surface area contributed by atoms with E-state index in [9.17, 15) is 13.2 Å². The van der Waals surface area contributed by atoms with Crippen LogP contribution in [-0.4, -0.2) is 31.6 Å². The van der Waals surface area contributed by atoms with E-state index < -0.39 is 10.0 Å². The quantitative estimate of drug-likeness (QED) is 0.822. The van der Waals surface area contributed by atoms with E-state index in [2.05, 4.69) is 15.0 Å². The average molecular weight is 365 g/mol. The minimum absolute atomic E-state index is 0.0746. The van der Waals surface area contributed by atoms with Gasteiger partial charge >= 0.3 is 0 Å². The van der Waals surface area contributed by atoms with Gasteiger partial charge in [0, 0.05) is 22.8 Å². The predicted octanol–water partition coefficient (Wildman–Crippen LogP) is 2.74. The number of carbonyl (C=O) groups is 1. The first-order chi connectivity index (χ1) is 11.2. The Morgan fingerprint density at radius 2 is 1.79 bits per heavy atom. The van der Waals surface area contributed by atoms with Crippen molar-refractivity contribution in [1.29, 1.82) is 0 Å². The lowest BCUT2D eigenvalue weighted by Crippen LogP contribution is -2.30. The third-order valence-electron chi connectivity index (χ3n) is 2.80. The van der Waals surface area contributed by atoms with Crippen LogP contribution in [0.5, 0.6) is 0 Å². The first-order valence-electron chi connectivity index (χ1n) is 7.25. The lowest BCUT2D eigenvalue weighted by Gasteiger charge is -2.08. The normalized spacial score (nSPS) is 11.3. The van der Waals surface area contributed by atoms with E-state index in [1.54, 1.807) is 42.6 Å². The van der Waals surface area contributed by atoms with Crippen molar-refractivity contribution >= 4 is 33.4 Å². The number of carbonyl (C=O) groups excluding carboxylic acids is 1. The molecule has 8 heteroatoms. The molecule has 0 unspecified atom stereocenters. The highest BCUT2D eigenvalue weighted by atomic mass is 32.2. The second kappa shape index (κ2) is 7.67. The first-order valence-corrected chi connectivity index (χ1v) is 9.96. The van der Waals surface area contributed by atoms with Crippen molar-refractivity contribution in [3.8, 4) is 0 Å². The summed E-state index contributed by atoms with van der Waals surface area (Å²) in [5, 5.41) is 3.56. The van der Waals surface area contributed by atoms with E-state index in [1.807, 2.05) is 13.8 Å². The van der Waals surface area contributed by atoms with Gasteiger partial charge in [0.2, 0.25) is 10.0 Å². The Morgan fingerprint density at radius 1 is 1.12 bits per heavy atom. The molecule has 0 spiro atoms.